The Kier molecular flexibility index (Phi) is 6.70. The van der Waals surface area contributed by atoms with Crippen molar-refractivity contribution in [3.63, 3.8) is 0 Å². The maximum Gasteiger partial charge on any atom is 0.262 e. The van der Waals surface area contributed by atoms with E-state index in [1.54, 1.807) is 42.5 Å². The summed E-state index contributed by atoms with van der Waals surface area (Å²) in [7, 11) is 1.54. The molecule has 0 saturated heterocycles. The standard InChI is InChI=1S/C24H24N2O4/c1-16-12-17(2)14-18(13-16)30-15-23(27)25-20-9-5-4-8-19(20)24(28)26-21-10-6-7-11-22(21)29-3/h4-14H,15H2,1-3H3,(H,25,27)(H,26,28). The van der Waals surface area contributed by atoms with Crippen LogP contribution in [0.15, 0.2) is 66.7 Å². The Hall–Kier alpha value is -3.80. The maximum atomic E-state index is 12.8. The first kappa shape index (κ1) is 20.9. The molecule has 0 saturated carbocycles. The molecule has 6 heteroatoms. The number of benzene rings is 3. The molecule has 30 heavy (non-hydrogen) atoms. The Morgan fingerprint density at radius 2 is 1.47 bits per heavy atom. The molecular formula is C24H24N2O4. The molecule has 0 aliphatic heterocycles. The van der Waals surface area contributed by atoms with Gasteiger partial charge in [0.1, 0.15) is 11.5 Å². The van der Waals surface area contributed by atoms with Crippen molar-refractivity contribution in [3.05, 3.63) is 83.4 Å². The molecule has 0 radical (unpaired) electrons. The summed E-state index contributed by atoms with van der Waals surface area (Å²) in [5.41, 5.74) is 3.40. The highest BCUT2D eigenvalue weighted by molar-refractivity contribution is 6.10. The van der Waals surface area contributed by atoms with Crippen molar-refractivity contribution in [2.24, 2.45) is 0 Å². The second-order valence-electron chi connectivity index (χ2n) is 6.86. The molecule has 154 valence electrons. The lowest BCUT2D eigenvalue weighted by atomic mass is 10.1. The van der Waals surface area contributed by atoms with Gasteiger partial charge in [-0.2, -0.15) is 0 Å². The van der Waals surface area contributed by atoms with Crippen LogP contribution in [0.25, 0.3) is 0 Å². The number of amides is 2. The van der Waals surface area contributed by atoms with Gasteiger partial charge >= 0.3 is 0 Å². The highest BCUT2D eigenvalue weighted by Crippen LogP contribution is 2.25. The smallest absolute Gasteiger partial charge is 0.262 e. The molecule has 2 N–H and O–H groups in total. The Labute approximate surface area is 175 Å². The Balaban J connectivity index is 1.68. The zero-order valence-electron chi connectivity index (χ0n) is 17.2. The molecule has 0 fully saturated rings. The molecule has 3 aromatic carbocycles. The number of anilines is 2. The van der Waals surface area contributed by atoms with Gasteiger partial charge in [0.25, 0.3) is 11.8 Å². The van der Waals surface area contributed by atoms with E-state index in [4.69, 9.17) is 9.47 Å². The minimum absolute atomic E-state index is 0.161. The lowest BCUT2D eigenvalue weighted by Gasteiger charge is -2.13. The quantitative estimate of drug-likeness (QED) is 0.604. The Bertz CT molecular complexity index is 1040. The van der Waals surface area contributed by atoms with E-state index in [9.17, 15) is 9.59 Å². The lowest BCUT2D eigenvalue weighted by molar-refractivity contribution is -0.118. The molecule has 3 rings (SSSR count). The van der Waals surface area contributed by atoms with Crippen LogP contribution in [0.4, 0.5) is 11.4 Å². The molecule has 0 atom stereocenters. The maximum absolute atomic E-state index is 12.8. The predicted molar refractivity (Wildman–Crippen MR) is 117 cm³/mol. The van der Waals surface area contributed by atoms with E-state index in [1.807, 2.05) is 38.1 Å². The van der Waals surface area contributed by atoms with E-state index in [0.717, 1.165) is 11.1 Å². The summed E-state index contributed by atoms with van der Waals surface area (Å²) in [6.07, 6.45) is 0. The fourth-order valence-corrected chi connectivity index (χ4v) is 3.08. The van der Waals surface area contributed by atoms with Gasteiger partial charge in [0, 0.05) is 0 Å². The van der Waals surface area contributed by atoms with Crippen molar-refractivity contribution < 1.29 is 19.1 Å². The van der Waals surface area contributed by atoms with Crippen molar-refractivity contribution in [1.29, 1.82) is 0 Å². The van der Waals surface area contributed by atoms with Crippen molar-refractivity contribution in [2.45, 2.75) is 13.8 Å². The third-order valence-corrected chi connectivity index (χ3v) is 4.37. The monoisotopic (exact) mass is 404 g/mol. The van der Waals surface area contributed by atoms with Gasteiger partial charge in [0.2, 0.25) is 0 Å². The normalized spacial score (nSPS) is 10.2. The van der Waals surface area contributed by atoms with E-state index < -0.39 is 0 Å². The van der Waals surface area contributed by atoms with Gasteiger partial charge in [-0.15, -0.1) is 0 Å². The van der Waals surface area contributed by atoms with Gasteiger partial charge < -0.3 is 20.1 Å². The summed E-state index contributed by atoms with van der Waals surface area (Å²) in [5, 5.41) is 5.56. The molecule has 0 heterocycles. The van der Waals surface area contributed by atoms with E-state index in [1.165, 1.54) is 7.11 Å². The summed E-state index contributed by atoms with van der Waals surface area (Å²) in [5.74, 6) is 0.469. The topological polar surface area (TPSA) is 76.7 Å². The number of rotatable bonds is 7. The van der Waals surface area contributed by atoms with Gasteiger partial charge in [-0.25, -0.2) is 0 Å². The van der Waals surface area contributed by atoms with Crippen LogP contribution in [0, 0.1) is 13.8 Å². The molecule has 0 aromatic heterocycles. The van der Waals surface area contributed by atoms with Crippen molar-refractivity contribution in [1.82, 2.24) is 0 Å². The first-order valence-corrected chi connectivity index (χ1v) is 9.50. The Morgan fingerprint density at radius 3 is 2.17 bits per heavy atom. The number of methoxy groups -OCH3 is 1. The van der Waals surface area contributed by atoms with Crippen LogP contribution in [0.5, 0.6) is 11.5 Å². The number of hydrogen-bond donors (Lipinski definition) is 2. The summed E-state index contributed by atoms with van der Waals surface area (Å²) >= 11 is 0. The van der Waals surface area contributed by atoms with Crippen LogP contribution in [-0.4, -0.2) is 25.5 Å². The fourth-order valence-electron chi connectivity index (χ4n) is 3.08. The third-order valence-electron chi connectivity index (χ3n) is 4.37. The molecule has 0 aliphatic carbocycles. The molecular weight excluding hydrogens is 380 g/mol. The zero-order chi connectivity index (χ0) is 21.5. The van der Waals surface area contributed by atoms with Gasteiger partial charge in [-0.1, -0.05) is 30.3 Å². The number of carbonyl (C=O) groups is 2. The Morgan fingerprint density at radius 1 is 0.833 bits per heavy atom. The van der Waals surface area contributed by atoms with Crippen LogP contribution in [-0.2, 0) is 4.79 Å². The number of hydrogen-bond acceptors (Lipinski definition) is 4. The van der Waals surface area contributed by atoms with Crippen LogP contribution in [0.2, 0.25) is 0 Å². The molecule has 0 aliphatic rings. The predicted octanol–water partition coefficient (Wildman–Crippen LogP) is 4.58. The van der Waals surface area contributed by atoms with Gasteiger partial charge in [0.15, 0.2) is 6.61 Å². The molecule has 0 spiro atoms. The molecule has 0 bridgehead atoms. The zero-order valence-corrected chi connectivity index (χ0v) is 17.2. The minimum Gasteiger partial charge on any atom is -0.495 e. The largest absolute Gasteiger partial charge is 0.495 e. The molecule has 0 unspecified atom stereocenters. The summed E-state index contributed by atoms with van der Waals surface area (Å²) in [6.45, 7) is 3.78. The second-order valence-corrected chi connectivity index (χ2v) is 6.86. The van der Waals surface area contributed by atoms with Crippen LogP contribution in [0.1, 0.15) is 21.5 Å². The van der Waals surface area contributed by atoms with Gasteiger partial charge in [-0.3, -0.25) is 9.59 Å². The van der Waals surface area contributed by atoms with Crippen molar-refractivity contribution >= 4 is 23.2 Å². The highest BCUT2D eigenvalue weighted by atomic mass is 16.5. The van der Waals surface area contributed by atoms with Crippen LogP contribution >= 0.6 is 0 Å². The van der Waals surface area contributed by atoms with Crippen molar-refractivity contribution in [2.75, 3.05) is 24.4 Å². The first-order valence-electron chi connectivity index (χ1n) is 9.50. The lowest BCUT2D eigenvalue weighted by Crippen LogP contribution is -2.23. The summed E-state index contributed by atoms with van der Waals surface area (Å²) in [4.78, 5) is 25.2. The fraction of sp³-hybridized carbons (Fsp3) is 0.167. The average Bonchev–Trinajstić information content (AvgIpc) is 2.72. The number of aryl methyl sites for hydroxylation is 2. The number of carbonyl (C=O) groups excluding carboxylic acids is 2. The van der Waals surface area contributed by atoms with E-state index in [0.29, 0.717) is 28.4 Å². The molecule has 2 amide bonds. The second kappa shape index (κ2) is 9.60. The summed E-state index contributed by atoms with van der Waals surface area (Å²) in [6, 6.07) is 19.7. The number of para-hydroxylation sites is 3. The third kappa shape index (κ3) is 5.38. The van der Waals surface area contributed by atoms with E-state index in [-0.39, 0.29) is 18.4 Å². The molecule has 6 nitrogen and oxygen atoms in total. The van der Waals surface area contributed by atoms with E-state index in [2.05, 4.69) is 10.6 Å². The SMILES string of the molecule is COc1ccccc1NC(=O)c1ccccc1NC(=O)COc1cc(C)cc(C)c1. The molecule has 3 aromatic rings. The summed E-state index contributed by atoms with van der Waals surface area (Å²) < 4.78 is 10.9. The van der Waals surface area contributed by atoms with E-state index >= 15 is 0 Å². The van der Waals surface area contributed by atoms with Gasteiger partial charge in [-0.05, 0) is 61.4 Å². The minimum atomic E-state index is -0.356. The number of nitrogens with one attached hydrogen (secondary N) is 2. The highest BCUT2D eigenvalue weighted by Gasteiger charge is 2.15. The van der Waals surface area contributed by atoms with Gasteiger partial charge in [0.05, 0.1) is 24.0 Å². The van der Waals surface area contributed by atoms with Crippen LogP contribution < -0.4 is 20.1 Å². The van der Waals surface area contributed by atoms with Crippen LogP contribution in [0.3, 0.4) is 0 Å². The first-order chi connectivity index (χ1) is 14.5. The number of ether oxygens (including phenoxy) is 2. The average molecular weight is 404 g/mol. The van der Waals surface area contributed by atoms with Crippen molar-refractivity contribution in [3.8, 4) is 11.5 Å².